The van der Waals surface area contributed by atoms with Gasteiger partial charge in [0.15, 0.2) is 0 Å². The van der Waals surface area contributed by atoms with E-state index in [1.165, 1.54) is 16.7 Å². The van der Waals surface area contributed by atoms with Gasteiger partial charge in [-0.15, -0.1) is 0 Å². The van der Waals surface area contributed by atoms with Crippen molar-refractivity contribution in [3.05, 3.63) is 47.0 Å². The van der Waals surface area contributed by atoms with E-state index in [2.05, 4.69) is 56.4 Å². The summed E-state index contributed by atoms with van der Waals surface area (Å²) in [4.78, 5) is 10.6. The summed E-state index contributed by atoms with van der Waals surface area (Å²) in [6, 6.07) is 6.44. The lowest BCUT2D eigenvalue weighted by Crippen LogP contribution is -2.09. The van der Waals surface area contributed by atoms with Gasteiger partial charge >= 0.3 is 0 Å². The van der Waals surface area contributed by atoms with Gasteiger partial charge < -0.3 is 5.73 Å². The predicted octanol–water partition coefficient (Wildman–Crippen LogP) is 4.09. The molecule has 0 saturated carbocycles. The van der Waals surface area contributed by atoms with Crippen LogP contribution in [0.2, 0.25) is 0 Å². The van der Waals surface area contributed by atoms with Crippen molar-refractivity contribution in [2.24, 2.45) is 5.73 Å². The second-order valence-corrected chi connectivity index (χ2v) is 4.70. The molecule has 0 unspecified atom stereocenters. The van der Waals surface area contributed by atoms with Gasteiger partial charge in [0.25, 0.3) is 0 Å². The molecule has 2 heteroatoms. The lowest BCUT2D eigenvalue weighted by molar-refractivity contribution is -0.118. The molecule has 0 saturated heterocycles. The molecule has 0 aliphatic rings. The van der Waals surface area contributed by atoms with Crippen molar-refractivity contribution in [3.8, 4) is 0 Å². The van der Waals surface area contributed by atoms with Gasteiger partial charge in [-0.05, 0) is 37.3 Å². The number of hydrogen-bond acceptors (Lipinski definition) is 1. The van der Waals surface area contributed by atoms with Crippen LogP contribution in [0.4, 0.5) is 0 Å². The Morgan fingerprint density at radius 2 is 1.95 bits per heavy atom. The number of aryl methyl sites for hydroxylation is 1. The van der Waals surface area contributed by atoms with Gasteiger partial charge in [-0.2, -0.15) is 0 Å². The quantitative estimate of drug-likeness (QED) is 0.735. The maximum absolute atomic E-state index is 10.6. The second-order valence-electron chi connectivity index (χ2n) is 4.70. The lowest BCUT2D eigenvalue weighted by atomic mass is 10.0. The van der Waals surface area contributed by atoms with Crippen molar-refractivity contribution in [3.63, 3.8) is 0 Å². The average Bonchev–Trinajstić information content (AvgIpc) is 2.37. The van der Waals surface area contributed by atoms with Gasteiger partial charge in [-0.3, -0.25) is 4.79 Å². The normalized spacial score (nSPS) is 11.5. The Bertz CT molecular complexity index is 472. The topological polar surface area (TPSA) is 43.1 Å². The van der Waals surface area contributed by atoms with Gasteiger partial charge in [0.2, 0.25) is 5.91 Å². The Hall–Kier alpha value is -1.83. The molecule has 1 rings (SSSR count). The van der Waals surface area contributed by atoms with E-state index in [9.17, 15) is 4.79 Å². The summed E-state index contributed by atoms with van der Waals surface area (Å²) < 4.78 is 0. The van der Waals surface area contributed by atoms with Crippen LogP contribution >= 0.6 is 0 Å². The van der Waals surface area contributed by atoms with Gasteiger partial charge in [-0.1, -0.05) is 55.0 Å². The average molecular weight is 257 g/mol. The monoisotopic (exact) mass is 257 g/mol. The molecule has 1 aromatic rings. The summed E-state index contributed by atoms with van der Waals surface area (Å²) in [6.45, 7) is 4.23. The van der Waals surface area contributed by atoms with E-state index in [-0.39, 0.29) is 5.91 Å². The molecule has 1 amide bonds. The third-order valence-electron chi connectivity index (χ3n) is 2.87. The zero-order valence-electron chi connectivity index (χ0n) is 11.9. The van der Waals surface area contributed by atoms with Gasteiger partial charge in [0, 0.05) is 6.42 Å². The third kappa shape index (κ3) is 6.05. The smallest absolute Gasteiger partial charge is 0.217 e. The maximum Gasteiger partial charge on any atom is 0.217 e. The summed E-state index contributed by atoms with van der Waals surface area (Å²) in [7, 11) is 0. The van der Waals surface area contributed by atoms with E-state index in [0.717, 1.165) is 19.3 Å². The number of benzene rings is 1. The van der Waals surface area contributed by atoms with Crippen molar-refractivity contribution in [1.82, 2.24) is 0 Å². The first kappa shape index (κ1) is 15.2. The molecule has 1 aromatic carbocycles. The van der Waals surface area contributed by atoms with E-state index in [0.29, 0.717) is 6.42 Å². The molecule has 0 spiro atoms. The van der Waals surface area contributed by atoms with Crippen LogP contribution in [0.15, 0.2) is 30.4 Å². The minimum absolute atomic E-state index is 0.227. The van der Waals surface area contributed by atoms with Crippen molar-refractivity contribution < 1.29 is 4.79 Å². The van der Waals surface area contributed by atoms with Crippen LogP contribution in [0.1, 0.15) is 49.3 Å². The van der Waals surface area contributed by atoms with E-state index in [4.69, 9.17) is 5.73 Å². The van der Waals surface area contributed by atoms with Crippen molar-refractivity contribution in [1.29, 1.82) is 0 Å². The SMILES string of the molecule is CCC=Cc1cc(C)ccc1C=CCCCC(N)=O. The molecule has 0 bridgehead atoms. The molecule has 0 aliphatic carbocycles. The number of unbranched alkanes of at least 4 members (excludes halogenated alkanes) is 1. The first-order valence-electron chi connectivity index (χ1n) is 6.85. The summed E-state index contributed by atoms with van der Waals surface area (Å²) in [5, 5.41) is 0. The van der Waals surface area contributed by atoms with E-state index < -0.39 is 0 Å². The van der Waals surface area contributed by atoms with Crippen molar-refractivity contribution in [2.75, 3.05) is 0 Å². The Morgan fingerprint density at radius 1 is 1.21 bits per heavy atom. The van der Waals surface area contributed by atoms with Crippen LogP contribution in [0.5, 0.6) is 0 Å². The standard InChI is InChI=1S/C17H23NO/c1-3-4-8-16-13-14(2)11-12-15(16)9-6-5-7-10-17(18)19/h4,6,8-9,11-13H,3,5,7,10H2,1-2H3,(H2,18,19). The highest BCUT2D eigenvalue weighted by Crippen LogP contribution is 2.16. The number of rotatable bonds is 7. The Balaban J connectivity index is 2.68. The highest BCUT2D eigenvalue weighted by Gasteiger charge is 1.97. The fourth-order valence-corrected chi connectivity index (χ4v) is 1.84. The minimum atomic E-state index is -0.227. The number of primary amides is 1. The Labute approximate surface area is 116 Å². The van der Waals surface area contributed by atoms with E-state index >= 15 is 0 Å². The van der Waals surface area contributed by atoms with Gasteiger partial charge in [0.1, 0.15) is 0 Å². The molecule has 0 aromatic heterocycles. The summed E-state index contributed by atoms with van der Waals surface area (Å²) in [5.74, 6) is -0.227. The number of allylic oxidation sites excluding steroid dienone is 2. The fourth-order valence-electron chi connectivity index (χ4n) is 1.84. The number of nitrogens with two attached hydrogens (primary N) is 1. The number of carbonyl (C=O) groups excluding carboxylic acids is 1. The largest absolute Gasteiger partial charge is 0.370 e. The zero-order valence-corrected chi connectivity index (χ0v) is 11.9. The Morgan fingerprint density at radius 3 is 2.63 bits per heavy atom. The lowest BCUT2D eigenvalue weighted by Gasteiger charge is -2.03. The molecular weight excluding hydrogens is 234 g/mol. The van der Waals surface area contributed by atoms with E-state index in [1.54, 1.807) is 0 Å². The fraction of sp³-hybridized carbons (Fsp3) is 0.353. The van der Waals surface area contributed by atoms with E-state index in [1.807, 2.05) is 0 Å². The number of amides is 1. The highest BCUT2D eigenvalue weighted by atomic mass is 16.1. The molecular formula is C17H23NO. The molecule has 0 atom stereocenters. The predicted molar refractivity (Wildman–Crippen MR) is 82.6 cm³/mol. The molecule has 0 fully saturated rings. The maximum atomic E-state index is 10.6. The first-order valence-corrected chi connectivity index (χ1v) is 6.85. The van der Waals surface area contributed by atoms with Gasteiger partial charge in [-0.25, -0.2) is 0 Å². The van der Waals surface area contributed by atoms with Gasteiger partial charge in [0.05, 0.1) is 0 Å². The summed E-state index contributed by atoms with van der Waals surface area (Å²) in [6.07, 6.45) is 11.8. The summed E-state index contributed by atoms with van der Waals surface area (Å²) in [5.41, 5.74) is 8.84. The molecule has 2 N–H and O–H groups in total. The Kier molecular flexibility index (Phi) is 6.65. The molecule has 0 radical (unpaired) electrons. The number of hydrogen-bond donors (Lipinski definition) is 1. The van der Waals surface area contributed by atoms with Crippen molar-refractivity contribution >= 4 is 18.1 Å². The second kappa shape index (κ2) is 8.30. The summed E-state index contributed by atoms with van der Waals surface area (Å²) >= 11 is 0. The van der Waals surface area contributed by atoms with Crippen LogP contribution in [0.25, 0.3) is 12.2 Å². The number of carbonyl (C=O) groups is 1. The van der Waals surface area contributed by atoms with Crippen LogP contribution in [-0.2, 0) is 4.79 Å². The minimum Gasteiger partial charge on any atom is -0.370 e. The zero-order chi connectivity index (χ0) is 14.1. The van der Waals surface area contributed by atoms with Crippen LogP contribution in [0.3, 0.4) is 0 Å². The van der Waals surface area contributed by atoms with Crippen LogP contribution < -0.4 is 5.73 Å². The van der Waals surface area contributed by atoms with Crippen molar-refractivity contribution in [2.45, 2.75) is 39.5 Å². The molecule has 0 heterocycles. The molecule has 102 valence electrons. The van der Waals surface area contributed by atoms with Crippen LogP contribution in [-0.4, -0.2) is 5.91 Å². The van der Waals surface area contributed by atoms with Crippen LogP contribution in [0, 0.1) is 6.92 Å². The first-order chi connectivity index (χ1) is 9.13. The molecule has 0 aliphatic heterocycles. The third-order valence-corrected chi connectivity index (χ3v) is 2.87. The highest BCUT2D eigenvalue weighted by molar-refractivity contribution is 5.73. The molecule has 2 nitrogen and oxygen atoms in total. The molecule has 19 heavy (non-hydrogen) atoms.